The molecule has 1 aromatic heterocycles. The van der Waals surface area contributed by atoms with Crippen molar-refractivity contribution in [2.45, 2.75) is 13.8 Å². The molecular formula is C12H13BrN4. The molecule has 1 aromatic carbocycles. The van der Waals surface area contributed by atoms with Crippen molar-refractivity contribution in [3.63, 3.8) is 0 Å². The van der Waals surface area contributed by atoms with Crippen LogP contribution in [-0.4, -0.2) is 9.97 Å². The van der Waals surface area contributed by atoms with Crippen molar-refractivity contribution in [3.05, 3.63) is 40.1 Å². The van der Waals surface area contributed by atoms with E-state index in [-0.39, 0.29) is 0 Å². The first-order chi connectivity index (χ1) is 8.04. The van der Waals surface area contributed by atoms with Crippen LogP contribution in [0.25, 0.3) is 0 Å². The number of nitrogen functional groups attached to an aromatic ring is 1. The predicted octanol–water partition coefficient (Wildman–Crippen LogP) is 3.18. The smallest absolute Gasteiger partial charge is 0.136 e. The fourth-order valence-corrected chi connectivity index (χ4v) is 2.04. The molecule has 88 valence electrons. The zero-order chi connectivity index (χ0) is 12.4. The van der Waals surface area contributed by atoms with Crippen LogP contribution in [0.4, 0.5) is 17.3 Å². The minimum Gasteiger partial charge on any atom is -0.384 e. The summed E-state index contributed by atoms with van der Waals surface area (Å²) in [4.78, 5) is 8.31. The molecule has 2 rings (SSSR count). The molecule has 0 saturated carbocycles. The summed E-state index contributed by atoms with van der Waals surface area (Å²) in [5.41, 5.74) is 7.82. The van der Waals surface area contributed by atoms with Gasteiger partial charge >= 0.3 is 0 Å². The number of aryl methyl sites for hydroxylation is 2. The molecule has 0 atom stereocenters. The van der Waals surface area contributed by atoms with E-state index in [1.165, 1.54) is 0 Å². The molecule has 0 spiro atoms. The maximum atomic E-state index is 5.68. The van der Waals surface area contributed by atoms with Gasteiger partial charge in [0.15, 0.2) is 0 Å². The molecule has 0 unspecified atom stereocenters. The van der Waals surface area contributed by atoms with Crippen molar-refractivity contribution < 1.29 is 0 Å². The van der Waals surface area contributed by atoms with Gasteiger partial charge in [-0.1, -0.05) is 15.9 Å². The average molecular weight is 293 g/mol. The van der Waals surface area contributed by atoms with Crippen LogP contribution in [-0.2, 0) is 0 Å². The van der Waals surface area contributed by atoms with E-state index in [0.29, 0.717) is 17.5 Å². The van der Waals surface area contributed by atoms with Crippen LogP contribution >= 0.6 is 15.9 Å². The first-order valence-corrected chi connectivity index (χ1v) is 5.98. The summed E-state index contributed by atoms with van der Waals surface area (Å²) >= 11 is 3.43. The second-order valence-electron chi connectivity index (χ2n) is 3.81. The zero-order valence-electron chi connectivity index (χ0n) is 9.66. The second kappa shape index (κ2) is 4.71. The second-order valence-corrected chi connectivity index (χ2v) is 4.73. The summed E-state index contributed by atoms with van der Waals surface area (Å²) in [6.45, 7) is 3.85. The normalized spacial score (nSPS) is 10.3. The fourth-order valence-electron chi connectivity index (χ4n) is 1.56. The Morgan fingerprint density at radius 2 is 1.94 bits per heavy atom. The summed E-state index contributed by atoms with van der Waals surface area (Å²) in [7, 11) is 0. The van der Waals surface area contributed by atoms with Gasteiger partial charge in [0.2, 0.25) is 0 Å². The fraction of sp³-hybridized carbons (Fsp3) is 0.167. The van der Waals surface area contributed by atoms with Crippen molar-refractivity contribution in [3.8, 4) is 0 Å². The SMILES string of the molecule is Cc1nc(N)cc(Nc2ccc(Br)cc2C)n1. The number of nitrogens with zero attached hydrogens (tertiary/aromatic N) is 2. The van der Waals surface area contributed by atoms with E-state index >= 15 is 0 Å². The Balaban J connectivity index is 2.31. The van der Waals surface area contributed by atoms with E-state index in [1.807, 2.05) is 32.0 Å². The van der Waals surface area contributed by atoms with Crippen LogP contribution in [0.3, 0.4) is 0 Å². The van der Waals surface area contributed by atoms with Crippen molar-refractivity contribution in [2.75, 3.05) is 11.1 Å². The number of nitrogens with one attached hydrogen (secondary N) is 1. The molecule has 0 aliphatic rings. The maximum absolute atomic E-state index is 5.68. The molecule has 0 fully saturated rings. The minimum absolute atomic E-state index is 0.467. The highest BCUT2D eigenvalue weighted by atomic mass is 79.9. The molecule has 3 N–H and O–H groups in total. The van der Waals surface area contributed by atoms with E-state index in [4.69, 9.17) is 5.73 Å². The Bertz CT molecular complexity index is 534. The third-order valence-corrected chi connectivity index (χ3v) is 2.80. The Hall–Kier alpha value is -1.62. The maximum Gasteiger partial charge on any atom is 0.136 e. The van der Waals surface area contributed by atoms with Crippen LogP contribution in [0.1, 0.15) is 11.4 Å². The molecule has 4 nitrogen and oxygen atoms in total. The van der Waals surface area contributed by atoms with Gasteiger partial charge in [-0.25, -0.2) is 9.97 Å². The molecular weight excluding hydrogens is 280 g/mol. The van der Waals surface area contributed by atoms with Crippen LogP contribution in [0.2, 0.25) is 0 Å². The topological polar surface area (TPSA) is 63.8 Å². The van der Waals surface area contributed by atoms with Gasteiger partial charge in [0.05, 0.1) is 0 Å². The van der Waals surface area contributed by atoms with E-state index in [1.54, 1.807) is 6.07 Å². The summed E-state index contributed by atoms with van der Waals surface area (Å²) < 4.78 is 1.05. The molecule has 0 radical (unpaired) electrons. The Morgan fingerprint density at radius 1 is 1.18 bits per heavy atom. The van der Waals surface area contributed by atoms with Crippen LogP contribution in [0.15, 0.2) is 28.7 Å². The lowest BCUT2D eigenvalue weighted by Crippen LogP contribution is -2.01. The van der Waals surface area contributed by atoms with Gasteiger partial charge in [0.25, 0.3) is 0 Å². The molecule has 0 bridgehead atoms. The molecule has 5 heteroatoms. The van der Waals surface area contributed by atoms with Gasteiger partial charge in [-0.2, -0.15) is 0 Å². The van der Waals surface area contributed by atoms with E-state index in [0.717, 1.165) is 15.7 Å². The van der Waals surface area contributed by atoms with Gasteiger partial charge in [-0.05, 0) is 37.6 Å². The third-order valence-electron chi connectivity index (χ3n) is 2.31. The minimum atomic E-state index is 0.467. The average Bonchev–Trinajstić information content (AvgIpc) is 2.21. The van der Waals surface area contributed by atoms with Crippen molar-refractivity contribution >= 4 is 33.3 Å². The first-order valence-electron chi connectivity index (χ1n) is 5.19. The van der Waals surface area contributed by atoms with Crippen molar-refractivity contribution in [1.29, 1.82) is 0 Å². The van der Waals surface area contributed by atoms with E-state index < -0.39 is 0 Å². The Morgan fingerprint density at radius 3 is 2.59 bits per heavy atom. The number of benzene rings is 1. The zero-order valence-corrected chi connectivity index (χ0v) is 11.2. The molecule has 1 heterocycles. The van der Waals surface area contributed by atoms with Crippen molar-refractivity contribution in [1.82, 2.24) is 9.97 Å². The summed E-state index contributed by atoms with van der Waals surface area (Å²) in [6, 6.07) is 7.73. The third kappa shape index (κ3) is 2.94. The van der Waals surface area contributed by atoms with Crippen LogP contribution in [0.5, 0.6) is 0 Å². The highest BCUT2D eigenvalue weighted by Crippen LogP contribution is 2.23. The van der Waals surface area contributed by atoms with E-state index in [2.05, 4.69) is 31.2 Å². The largest absolute Gasteiger partial charge is 0.384 e. The highest BCUT2D eigenvalue weighted by molar-refractivity contribution is 9.10. The first kappa shape index (κ1) is 11.9. The van der Waals surface area contributed by atoms with E-state index in [9.17, 15) is 0 Å². The molecule has 0 saturated heterocycles. The molecule has 0 aliphatic carbocycles. The predicted molar refractivity (Wildman–Crippen MR) is 73.3 cm³/mol. The number of anilines is 3. The summed E-state index contributed by atoms with van der Waals surface area (Å²) in [5, 5.41) is 3.23. The molecule has 17 heavy (non-hydrogen) atoms. The molecule has 0 aliphatic heterocycles. The summed E-state index contributed by atoms with van der Waals surface area (Å²) in [5.74, 6) is 1.83. The van der Waals surface area contributed by atoms with Gasteiger partial charge in [-0.15, -0.1) is 0 Å². The summed E-state index contributed by atoms with van der Waals surface area (Å²) in [6.07, 6.45) is 0. The van der Waals surface area contributed by atoms with Gasteiger partial charge in [0.1, 0.15) is 17.5 Å². The molecule has 0 amide bonds. The number of hydrogen-bond donors (Lipinski definition) is 2. The van der Waals surface area contributed by atoms with Crippen molar-refractivity contribution in [2.24, 2.45) is 0 Å². The lowest BCUT2D eigenvalue weighted by Gasteiger charge is -2.10. The lowest BCUT2D eigenvalue weighted by molar-refractivity contribution is 1.06. The molecule has 2 aromatic rings. The van der Waals surface area contributed by atoms with Crippen LogP contribution < -0.4 is 11.1 Å². The van der Waals surface area contributed by atoms with Gasteiger partial charge in [-0.3, -0.25) is 0 Å². The number of aromatic nitrogens is 2. The van der Waals surface area contributed by atoms with Gasteiger partial charge in [0, 0.05) is 16.2 Å². The van der Waals surface area contributed by atoms with Crippen LogP contribution in [0, 0.1) is 13.8 Å². The lowest BCUT2D eigenvalue weighted by atomic mass is 10.2. The highest BCUT2D eigenvalue weighted by Gasteiger charge is 2.02. The number of hydrogen-bond acceptors (Lipinski definition) is 4. The number of halogens is 1. The quantitative estimate of drug-likeness (QED) is 0.892. The Kier molecular flexibility index (Phi) is 3.28. The monoisotopic (exact) mass is 292 g/mol. The standard InChI is InChI=1S/C12H13BrN4/c1-7-5-9(13)3-4-10(7)17-12-6-11(14)15-8(2)16-12/h3-6H,1-2H3,(H3,14,15,16,17). The van der Waals surface area contributed by atoms with Gasteiger partial charge < -0.3 is 11.1 Å². The number of rotatable bonds is 2. The number of nitrogens with two attached hydrogens (primary N) is 1. The Labute approximate surface area is 108 Å².